The summed E-state index contributed by atoms with van der Waals surface area (Å²) in [6.07, 6.45) is -0.483. The van der Waals surface area contributed by atoms with Gasteiger partial charge in [0.05, 0.1) is 5.56 Å². The van der Waals surface area contributed by atoms with E-state index in [0.717, 1.165) is 0 Å². The van der Waals surface area contributed by atoms with Gasteiger partial charge in [-0.2, -0.15) is 0 Å². The van der Waals surface area contributed by atoms with Gasteiger partial charge in [-0.05, 0) is 12.1 Å². The third-order valence-corrected chi connectivity index (χ3v) is 4.57. The first-order chi connectivity index (χ1) is 11.2. The predicted molar refractivity (Wildman–Crippen MR) is 88.6 cm³/mol. The van der Waals surface area contributed by atoms with E-state index in [0.29, 0.717) is 16.9 Å². The highest BCUT2D eigenvalue weighted by Crippen LogP contribution is 2.27. The van der Waals surface area contributed by atoms with Gasteiger partial charge in [0.2, 0.25) is 0 Å². The van der Waals surface area contributed by atoms with Gasteiger partial charge in [0.1, 0.15) is 18.1 Å². The first-order valence-corrected chi connectivity index (χ1v) is 8.37. The number of carbonyl (C=O) groups excluding carboxylic acids is 2. The molecule has 1 aliphatic heterocycles. The number of esters is 1. The summed E-state index contributed by atoms with van der Waals surface area (Å²) < 4.78 is 10.9. The largest absolute Gasteiger partial charge is 0.458 e. The summed E-state index contributed by atoms with van der Waals surface area (Å²) >= 11 is 1.49. The molecule has 0 amide bonds. The van der Waals surface area contributed by atoms with Gasteiger partial charge in [-0.15, -0.1) is 11.8 Å². The molecule has 0 aliphatic carbocycles. The van der Waals surface area contributed by atoms with Crippen molar-refractivity contribution in [3.8, 4) is 0 Å². The fourth-order valence-corrected chi connectivity index (χ4v) is 3.27. The molecule has 1 saturated heterocycles. The number of rotatable bonds is 5. The van der Waals surface area contributed by atoms with Crippen molar-refractivity contribution < 1.29 is 19.1 Å². The topological polar surface area (TPSA) is 52.6 Å². The number of benzene rings is 2. The van der Waals surface area contributed by atoms with Gasteiger partial charge in [0, 0.05) is 11.3 Å². The van der Waals surface area contributed by atoms with Crippen LogP contribution in [0.5, 0.6) is 0 Å². The Morgan fingerprint density at radius 1 is 1.00 bits per heavy atom. The van der Waals surface area contributed by atoms with Crippen molar-refractivity contribution in [2.24, 2.45) is 0 Å². The van der Waals surface area contributed by atoms with Crippen molar-refractivity contribution in [1.82, 2.24) is 0 Å². The van der Waals surface area contributed by atoms with Crippen LogP contribution in [0.1, 0.15) is 20.7 Å². The van der Waals surface area contributed by atoms with Crippen LogP contribution in [0.4, 0.5) is 0 Å². The molecular weight excluding hydrogens is 312 g/mol. The lowest BCUT2D eigenvalue weighted by Gasteiger charge is -2.12. The standard InChI is InChI=1S/C18H16O4S/c19-17(13-7-3-1-4-8-13)15-12-23-16(22-15)11-21-18(20)14-9-5-2-6-10-14/h1-10,15-16H,11-12H2. The molecular formula is C18H16O4S. The molecule has 0 radical (unpaired) electrons. The maximum atomic E-state index is 12.3. The van der Waals surface area contributed by atoms with Crippen LogP contribution in [-0.4, -0.2) is 35.7 Å². The average Bonchev–Trinajstić information content (AvgIpc) is 3.09. The summed E-state index contributed by atoms with van der Waals surface area (Å²) in [5.41, 5.74) is 0.841. The molecule has 118 valence electrons. The van der Waals surface area contributed by atoms with Crippen molar-refractivity contribution in [2.45, 2.75) is 11.5 Å². The van der Waals surface area contributed by atoms with Crippen LogP contribution >= 0.6 is 11.8 Å². The fraction of sp³-hybridized carbons (Fsp3) is 0.222. The molecule has 2 aromatic rings. The minimum absolute atomic E-state index is 0.0324. The third-order valence-electron chi connectivity index (χ3n) is 3.46. The van der Waals surface area contributed by atoms with E-state index in [1.807, 2.05) is 24.3 Å². The molecule has 2 unspecified atom stereocenters. The van der Waals surface area contributed by atoms with Gasteiger partial charge >= 0.3 is 5.97 Å². The second-order valence-corrected chi connectivity index (χ2v) is 6.27. The second kappa shape index (κ2) is 7.44. The highest BCUT2D eigenvalue weighted by molar-refractivity contribution is 8.00. The zero-order chi connectivity index (χ0) is 16.1. The van der Waals surface area contributed by atoms with Crippen LogP contribution in [0, 0.1) is 0 Å². The molecule has 5 heteroatoms. The summed E-state index contributed by atoms with van der Waals surface area (Å²) in [6, 6.07) is 17.9. The molecule has 2 atom stereocenters. The van der Waals surface area contributed by atoms with Crippen molar-refractivity contribution in [3.63, 3.8) is 0 Å². The van der Waals surface area contributed by atoms with Gasteiger partial charge in [0.15, 0.2) is 5.78 Å². The molecule has 0 bridgehead atoms. The van der Waals surface area contributed by atoms with E-state index in [2.05, 4.69) is 0 Å². The molecule has 1 fully saturated rings. The van der Waals surface area contributed by atoms with Crippen LogP contribution in [0.15, 0.2) is 60.7 Å². The van der Waals surface area contributed by atoms with Crippen LogP contribution < -0.4 is 0 Å². The maximum absolute atomic E-state index is 12.3. The third kappa shape index (κ3) is 4.00. The molecule has 1 heterocycles. The lowest BCUT2D eigenvalue weighted by Crippen LogP contribution is -2.25. The summed E-state index contributed by atoms with van der Waals surface area (Å²) in [4.78, 5) is 24.2. The molecule has 0 N–H and O–H groups in total. The van der Waals surface area contributed by atoms with Crippen LogP contribution in [-0.2, 0) is 9.47 Å². The number of hydrogen-bond donors (Lipinski definition) is 0. The Morgan fingerprint density at radius 2 is 1.61 bits per heavy atom. The average molecular weight is 328 g/mol. The Kier molecular flexibility index (Phi) is 5.10. The molecule has 0 spiro atoms. The van der Waals surface area contributed by atoms with Gasteiger partial charge < -0.3 is 9.47 Å². The number of Topliss-reactive ketones (excluding diaryl/α,β-unsaturated/α-hetero) is 1. The fourth-order valence-electron chi connectivity index (χ4n) is 2.27. The van der Waals surface area contributed by atoms with Gasteiger partial charge in [-0.1, -0.05) is 48.5 Å². The SMILES string of the molecule is O=C(OCC1OC(C(=O)c2ccccc2)CS1)c1ccccc1. The Bertz CT molecular complexity index is 672. The summed E-state index contributed by atoms with van der Waals surface area (Å²) in [6.45, 7) is 0.136. The highest BCUT2D eigenvalue weighted by Gasteiger charge is 2.32. The smallest absolute Gasteiger partial charge is 0.338 e. The Hall–Kier alpha value is -2.11. The van der Waals surface area contributed by atoms with Crippen molar-refractivity contribution in [3.05, 3.63) is 71.8 Å². The predicted octanol–water partition coefficient (Wildman–Crippen LogP) is 3.18. The molecule has 1 aliphatic rings. The first-order valence-electron chi connectivity index (χ1n) is 7.32. The summed E-state index contributed by atoms with van der Waals surface area (Å²) in [5.74, 6) is 0.156. The zero-order valence-corrected chi connectivity index (χ0v) is 13.2. The Morgan fingerprint density at radius 3 is 2.26 bits per heavy atom. The number of hydrogen-bond acceptors (Lipinski definition) is 5. The molecule has 4 nitrogen and oxygen atoms in total. The van der Waals surface area contributed by atoms with Crippen molar-refractivity contribution >= 4 is 23.5 Å². The van der Waals surface area contributed by atoms with E-state index in [9.17, 15) is 9.59 Å². The van der Waals surface area contributed by atoms with Crippen LogP contribution in [0.2, 0.25) is 0 Å². The summed E-state index contributed by atoms with van der Waals surface area (Å²) in [7, 11) is 0. The minimum Gasteiger partial charge on any atom is -0.458 e. The molecule has 2 aromatic carbocycles. The first kappa shape index (κ1) is 15.8. The van der Waals surface area contributed by atoms with Gasteiger partial charge in [-0.3, -0.25) is 4.79 Å². The van der Waals surface area contributed by atoms with Gasteiger partial charge in [0.25, 0.3) is 0 Å². The van der Waals surface area contributed by atoms with Crippen LogP contribution in [0.25, 0.3) is 0 Å². The number of carbonyl (C=O) groups is 2. The van der Waals surface area contributed by atoms with E-state index < -0.39 is 6.10 Å². The van der Waals surface area contributed by atoms with E-state index in [4.69, 9.17) is 9.47 Å². The number of ketones is 1. The second-order valence-electron chi connectivity index (χ2n) is 5.08. The number of thioether (sulfide) groups is 1. The zero-order valence-electron chi connectivity index (χ0n) is 12.4. The molecule has 0 aromatic heterocycles. The Balaban J connectivity index is 1.50. The van der Waals surface area contributed by atoms with Crippen LogP contribution in [0.3, 0.4) is 0 Å². The molecule has 23 heavy (non-hydrogen) atoms. The molecule has 3 rings (SSSR count). The quantitative estimate of drug-likeness (QED) is 0.623. The Labute approximate surface area is 138 Å². The van der Waals surface area contributed by atoms with E-state index >= 15 is 0 Å². The normalized spacial score (nSPS) is 20.2. The summed E-state index contributed by atoms with van der Waals surface area (Å²) in [5, 5.41) is 0. The van der Waals surface area contributed by atoms with Crippen molar-refractivity contribution in [2.75, 3.05) is 12.4 Å². The van der Waals surface area contributed by atoms with Gasteiger partial charge in [-0.25, -0.2) is 4.79 Å². The lowest BCUT2D eigenvalue weighted by molar-refractivity contribution is 0.0118. The van der Waals surface area contributed by atoms with Crippen molar-refractivity contribution in [1.29, 1.82) is 0 Å². The van der Waals surface area contributed by atoms with E-state index in [1.165, 1.54) is 11.8 Å². The monoisotopic (exact) mass is 328 g/mol. The van der Waals surface area contributed by atoms with E-state index in [1.54, 1.807) is 36.4 Å². The lowest BCUT2D eigenvalue weighted by atomic mass is 10.1. The number of ether oxygens (including phenoxy) is 2. The minimum atomic E-state index is -0.483. The highest BCUT2D eigenvalue weighted by atomic mass is 32.2. The maximum Gasteiger partial charge on any atom is 0.338 e. The van der Waals surface area contributed by atoms with E-state index in [-0.39, 0.29) is 23.8 Å². The molecule has 0 saturated carbocycles.